The standard InChI is InChI=1S/C18H16F2N4O3/c1-10(2)17-22-23-18(27-17)11-3-6-16(26)24(8-11)9-15(25)21-14-7-12(19)4-5-13(14)20/h3-8,10H,9H2,1-2H3,(H,21,25). The largest absolute Gasteiger partial charge is 0.420 e. The molecular weight excluding hydrogens is 358 g/mol. The third-order valence-electron chi connectivity index (χ3n) is 3.68. The minimum Gasteiger partial charge on any atom is -0.420 e. The molecule has 2 aromatic heterocycles. The summed E-state index contributed by atoms with van der Waals surface area (Å²) in [5.74, 6) is -1.46. The molecule has 0 aliphatic heterocycles. The van der Waals surface area contributed by atoms with Crippen molar-refractivity contribution in [3.05, 3.63) is 64.4 Å². The fourth-order valence-corrected chi connectivity index (χ4v) is 2.30. The van der Waals surface area contributed by atoms with Crippen LogP contribution in [-0.4, -0.2) is 20.7 Å². The lowest BCUT2D eigenvalue weighted by Gasteiger charge is -2.09. The van der Waals surface area contributed by atoms with Crippen molar-refractivity contribution in [2.24, 2.45) is 0 Å². The van der Waals surface area contributed by atoms with E-state index in [1.807, 2.05) is 13.8 Å². The summed E-state index contributed by atoms with van der Waals surface area (Å²) in [6.45, 7) is 3.40. The lowest BCUT2D eigenvalue weighted by Crippen LogP contribution is -2.27. The highest BCUT2D eigenvalue weighted by Gasteiger charge is 2.14. The molecule has 1 aromatic carbocycles. The van der Waals surface area contributed by atoms with Crippen LogP contribution in [0.15, 0.2) is 45.7 Å². The van der Waals surface area contributed by atoms with E-state index in [1.165, 1.54) is 18.3 Å². The molecular formula is C18H16F2N4O3. The van der Waals surface area contributed by atoms with Gasteiger partial charge in [-0.05, 0) is 18.2 Å². The van der Waals surface area contributed by atoms with E-state index in [9.17, 15) is 18.4 Å². The molecule has 1 amide bonds. The summed E-state index contributed by atoms with van der Waals surface area (Å²) in [6, 6.07) is 5.46. The molecule has 1 N–H and O–H groups in total. The molecule has 140 valence electrons. The zero-order chi connectivity index (χ0) is 19.6. The van der Waals surface area contributed by atoms with Crippen molar-refractivity contribution >= 4 is 11.6 Å². The van der Waals surface area contributed by atoms with Gasteiger partial charge in [0.05, 0.1) is 11.3 Å². The average Bonchev–Trinajstić information content (AvgIpc) is 3.10. The maximum absolute atomic E-state index is 13.6. The summed E-state index contributed by atoms with van der Waals surface area (Å²) < 4.78 is 33.5. The Morgan fingerprint density at radius 1 is 1.22 bits per heavy atom. The number of nitrogens with zero attached hydrogens (tertiary/aromatic N) is 3. The molecule has 0 saturated heterocycles. The van der Waals surface area contributed by atoms with Gasteiger partial charge in [0.15, 0.2) is 0 Å². The first-order valence-electron chi connectivity index (χ1n) is 8.12. The Balaban J connectivity index is 1.81. The predicted molar refractivity (Wildman–Crippen MR) is 93.1 cm³/mol. The highest BCUT2D eigenvalue weighted by molar-refractivity contribution is 5.90. The Bertz CT molecular complexity index is 1040. The van der Waals surface area contributed by atoms with Gasteiger partial charge in [-0.2, -0.15) is 0 Å². The Morgan fingerprint density at radius 2 is 2.00 bits per heavy atom. The number of carbonyl (C=O) groups excluding carboxylic acids is 1. The van der Waals surface area contributed by atoms with Gasteiger partial charge in [-0.3, -0.25) is 9.59 Å². The molecule has 9 heteroatoms. The molecule has 0 unspecified atom stereocenters. The molecule has 7 nitrogen and oxygen atoms in total. The Labute approximate surface area is 152 Å². The molecule has 0 radical (unpaired) electrons. The van der Waals surface area contributed by atoms with Crippen LogP contribution in [0.3, 0.4) is 0 Å². The second-order valence-electron chi connectivity index (χ2n) is 6.16. The molecule has 27 heavy (non-hydrogen) atoms. The first kappa shape index (κ1) is 18.4. The van der Waals surface area contributed by atoms with E-state index in [2.05, 4.69) is 15.5 Å². The number of amides is 1. The number of aromatic nitrogens is 3. The van der Waals surface area contributed by atoms with Crippen LogP contribution >= 0.6 is 0 Å². The van der Waals surface area contributed by atoms with Crippen molar-refractivity contribution in [3.8, 4) is 11.5 Å². The lowest BCUT2D eigenvalue weighted by molar-refractivity contribution is -0.116. The molecule has 3 aromatic rings. The van der Waals surface area contributed by atoms with Gasteiger partial charge in [0.2, 0.25) is 17.7 Å². The molecule has 0 fully saturated rings. The van der Waals surface area contributed by atoms with Crippen LogP contribution in [0.1, 0.15) is 25.7 Å². The summed E-state index contributed by atoms with van der Waals surface area (Å²) in [7, 11) is 0. The van der Waals surface area contributed by atoms with Crippen molar-refractivity contribution in [1.29, 1.82) is 0 Å². The van der Waals surface area contributed by atoms with Crippen molar-refractivity contribution < 1.29 is 18.0 Å². The van der Waals surface area contributed by atoms with Gasteiger partial charge in [-0.15, -0.1) is 10.2 Å². The first-order chi connectivity index (χ1) is 12.8. The molecule has 0 aliphatic carbocycles. The van der Waals surface area contributed by atoms with Gasteiger partial charge >= 0.3 is 0 Å². The quantitative estimate of drug-likeness (QED) is 0.742. The normalized spacial score (nSPS) is 11.0. The van der Waals surface area contributed by atoms with Crippen LogP contribution in [0.5, 0.6) is 0 Å². The summed E-state index contributed by atoms with van der Waals surface area (Å²) in [5, 5.41) is 10.1. The smallest absolute Gasteiger partial charge is 0.251 e. The second kappa shape index (κ2) is 7.48. The number of pyridine rings is 1. The topological polar surface area (TPSA) is 90.0 Å². The van der Waals surface area contributed by atoms with Crippen LogP contribution in [0.4, 0.5) is 14.5 Å². The molecule has 0 bridgehead atoms. The van der Waals surface area contributed by atoms with E-state index < -0.39 is 29.6 Å². The summed E-state index contributed by atoms with van der Waals surface area (Å²) >= 11 is 0. The second-order valence-corrected chi connectivity index (χ2v) is 6.16. The number of hydrogen-bond acceptors (Lipinski definition) is 5. The van der Waals surface area contributed by atoms with Crippen molar-refractivity contribution in [1.82, 2.24) is 14.8 Å². The molecule has 0 aliphatic rings. The Kier molecular flexibility index (Phi) is 5.11. The fourth-order valence-electron chi connectivity index (χ4n) is 2.30. The highest BCUT2D eigenvalue weighted by Crippen LogP contribution is 2.20. The summed E-state index contributed by atoms with van der Waals surface area (Å²) in [6.07, 6.45) is 1.39. The molecule has 3 rings (SSSR count). The van der Waals surface area contributed by atoms with Gasteiger partial charge < -0.3 is 14.3 Å². The van der Waals surface area contributed by atoms with E-state index >= 15 is 0 Å². The fraction of sp³-hybridized carbons (Fsp3) is 0.222. The third kappa shape index (κ3) is 4.25. The van der Waals surface area contributed by atoms with Crippen LogP contribution in [0, 0.1) is 11.6 Å². The van der Waals surface area contributed by atoms with Gasteiger partial charge in [0.25, 0.3) is 5.56 Å². The van der Waals surface area contributed by atoms with Gasteiger partial charge in [0, 0.05) is 24.2 Å². The maximum atomic E-state index is 13.6. The monoisotopic (exact) mass is 374 g/mol. The van der Waals surface area contributed by atoms with Crippen LogP contribution in [-0.2, 0) is 11.3 Å². The number of halogens is 2. The van der Waals surface area contributed by atoms with E-state index in [0.717, 1.165) is 22.8 Å². The van der Waals surface area contributed by atoms with Crippen molar-refractivity contribution in [3.63, 3.8) is 0 Å². The lowest BCUT2D eigenvalue weighted by atomic mass is 10.2. The highest BCUT2D eigenvalue weighted by atomic mass is 19.1. The van der Waals surface area contributed by atoms with Crippen LogP contribution < -0.4 is 10.9 Å². The number of nitrogens with one attached hydrogen (secondary N) is 1. The number of benzene rings is 1. The molecule has 0 saturated carbocycles. The SMILES string of the molecule is CC(C)c1nnc(-c2ccc(=O)n(CC(=O)Nc3cc(F)ccc3F)c2)o1. The Morgan fingerprint density at radius 3 is 2.70 bits per heavy atom. The zero-order valence-electron chi connectivity index (χ0n) is 14.6. The number of carbonyl (C=O) groups is 1. The molecule has 2 heterocycles. The van der Waals surface area contributed by atoms with Gasteiger partial charge in [-0.1, -0.05) is 13.8 Å². The number of anilines is 1. The minimum absolute atomic E-state index is 0.0455. The zero-order valence-corrected chi connectivity index (χ0v) is 14.6. The van der Waals surface area contributed by atoms with Crippen LogP contribution in [0.25, 0.3) is 11.5 Å². The van der Waals surface area contributed by atoms with E-state index in [0.29, 0.717) is 11.5 Å². The predicted octanol–water partition coefficient (Wildman–Crippen LogP) is 2.94. The van der Waals surface area contributed by atoms with Crippen molar-refractivity contribution in [2.45, 2.75) is 26.3 Å². The van der Waals surface area contributed by atoms with E-state index in [-0.39, 0.29) is 17.5 Å². The van der Waals surface area contributed by atoms with Gasteiger partial charge in [0.1, 0.15) is 18.2 Å². The Hall–Kier alpha value is -3.36. The van der Waals surface area contributed by atoms with E-state index in [1.54, 1.807) is 0 Å². The third-order valence-corrected chi connectivity index (χ3v) is 3.68. The molecule has 0 atom stereocenters. The average molecular weight is 374 g/mol. The summed E-state index contributed by atoms with van der Waals surface area (Å²) in [5.41, 5.74) is -0.293. The number of rotatable bonds is 5. The maximum Gasteiger partial charge on any atom is 0.251 e. The van der Waals surface area contributed by atoms with Crippen molar-refractivity contribution in [2.75, 3.05) is 5.32 Å². The van der Waals surface area contributed by atoms with E-state index in [4.69, 9.17) is 4.42 Å². The minimum atomic E-state index is -0.780. The first-order valence-corrected chi connectivity index (χ1v) is 8.12. The summed E-state index contributed by atoms with van der Waals surface area (Å²) in [4.78, 5) is 24.1. The van der Waals surface area contributed by atoms with Gasteiger partial charge in [-0.25, -0.2) is 8.78 Å². The molecule has 0 spiro atoms. The van der Waals surface area contributed by atoms with Crippen LogP contribution in [0.2, 0.25) is 0 Å². The number of hydrogen-bond donors (Lipinski definition) is 1.